The molecule has 19 heavy (non-hydrogen) atoms. The molecular weight excluding hydrogens is 312 g/mol. The van der Waals surface area contributed by atoms with Gasteiger partial charge in [-0.3, -0.25) is 4.90 Å². The molecule has 1 heterocycles. The minimum Gasteiger partial charge on any atom is -0.503 e. The standard InChI is InChI=1S/C13H15BrN2O3/c1-18-12-7-9(6-10(14)13(12)17)11(8-15)16-2-4-19-5-3-16/h6-7,11,17H,2-5H2,1H3. The summed E-state index contributed by atoms with van der Waals surface area (Å²) < 4.78 is 10.9. The third-order valence-electron chi connectivity index (χ3n) is 3.12. The summed E-state index contributed by atoms with van der Waals surface area (Å²) in [6, 6.07) is 5.38. The molecule has 1 N–H and O–H groups in total. The van der Waals surface area contributed by atoms with Gasteiger partial charge in [0.1, 0.15) is 6.04 Å². The van der Waals surface area contributed by atoms with Crippen LogP contribution in [0.1, 0.15) is 11.6 Å². The zero-order chi connectivity index (χ0) is 13.8. The lowest BCUT2D eigenvalue weighted by Crippen LogP contribution is -2.38. The lowest BCUT2D eigenvalue weighted by atomic mass is 10.1. The first kappa shape index (κ1) is 14.1. The zero-order valence-corrected chi connectivity index (χ0v) is 12.2. The number of aromatic hydroxyl groups is 1. The Morgan fingerprint density at radius 1 is 1.47 bits per heavy atom. The van der Waals surface area contributed by atoms with E-state index >= 15 is 0 Å². The van der Waals surface area contributed by atoms with Gasteiger partial charge in [-0.1, -0.05) is 0 Å². The Bertz CT molecular complexity index is 495. The van der Waals surface area contributed by atoms with Crippen molar-refractivity contribution in [3.63, 3.8) is 0 Å². The molecule has 0 bridgehead atoms. The molecule has 0 saturated carbocycles. The molecule has 0 aliphatic carbocycles. The summed E-state index contributed by atoms with van der Waals surface area (Å²) in [5, 5.41) is 19.2. The number of nitrogens with zero attached hydrogens (tertiary/aromatic N) is 2. The maximum absolute atomic E-state index is 9.80. The van der Waals surface area contributed by atoms with E-state index in [1.807, 2.05) is 0 Å². The van der Waals surface area contributed by atoms with Crippen molar-refractivity contribution in [2.24, 2.45) is 0 Å². The van der Waals surface area contributed by atoms with Crippen LogP contribution in [-0.2, 0) is 4.74 Å². The predicted molar refractivity (Wildman–Crippen MR) is 73.1 cm³/mol. The molecule has 0 aromatic heterocycles. The molecule has 1 aliphatic heterocycles. The second kappa shape index (κ2) is 6.24. The van der Waals surface area contributed by atoms with Crippen LogP contribution in [0.5, 0.6) is 11.5 Å². The summed E-state index contributed by atoms with van der Waals surface area (Å²) >= 11 is 3.28. The molecule has 1 aromatic carbocycles. The fourth-order valence-electron chi connectivity index (χ4n) is 2.11. The Kier molecular flexibility index (Phi) is 4.64. The van der Waals surface area contributed by atoms with E-state index in [0.29, 0.717) is 23.4 Å². The van der Waals surface area contributed by atoms with E-state index in [1.54, 1.807) is 12.1 Å². The number of hydrogen-bond acceptors (Lipinski definition) is 5. The zero-order valence-electron chi connectivity index (χ0n) is 10.6. The smallest absolute Gasteiger partial charge is 0.172 e. The molecule has 1 aromatic rings. The monoisotopic (exact) mass is 326 g/mol. The molecular formula is C13H15BrN2O3. The van der Waals surface area contributed by atoms with Crippen molar-refractivity contribution < 1.29 is 14.6 Å². The summed E-state index contributed by atoms with van der Waals surface area (Å²) in [6.07, 6.45) is 0. The Hall–Kier alpha value is -1.29. The van der Waals surface area contributed by atoms with Crippen LogP contribution in [0.15, 0.2) is 16.6 Å². The molecule has 6 heteroatoms. The van der Waals surface area contributed by atoms with E-state index in [1.165, 1.54) is 7.11 Å². The van der Waals surface area contributed by atoms with Crippen LogP contribution in [0.3, 0.4) is 0 Å². The van der Waals surface area contributed by atoms with E-state index in [-0.39, 0.29) is 11.8 Å². The number of hydrogen-bond donors (Lipinski definition) is 1. The molecule has 0 spiro atoms. The number of nitriles is 1. The summed E-state index contributed by atoms with van der Waals surface area (Å²) in [4.78, 5) is 2.06. The number of halogens is 1. The van der Waals surface area contributed by atoms with Gasteiger partial charge >= 0.3 is 0 Å². The number of rotatable bonds is 3. The van der Waals surface area contributed by atoms with Gasteiger partial charge in [0.2, 0.25) is 0 Å². The number of methoxy groups -OCH3 is 1. The van der Waals surface area contributed by atoms with Gasteiger partial charge in [0.25, 0.3) is 0 Å². The van der Waals surface area contributed by atoms with Crippen molar-refractivity contribution in [3.05, 3.63) is 22.2 Å². The Morgan fingerprint density at radius 2 is 2.16 bits per heavy atom. The van der Waals surface area contributed by atoms with E-state index in [0.717, 1.165) is 18.7 Å². The molecule has 0 radical (unpaired) electrons. The first-order chi connectivity index (χ1) is 9.17. The van der Waals surface area contributed by atoms with E-state index in [2.05, 4.69) is 26.9 Å². The van der Waals surface area contributed by atoms with Gasteiger partial charge in [0, 0.05) is 13.1 Å². The van der Waals surface area contributed by atoms with Crippen molar-refractivity contribution >= 4 is 15.9 Å². The van der Waals surface area contributed by atoms with Gasteiger partial charge in [-0.15, -0.1) is 0 Å². The highest BCUT2D eigenvalue weighted by Gasteiger charge is 2.24. The molecule has 102 valence electrons. The highest BCUT2D eigenvalue weighted by molar-refractivity contribution is 9.10. The summed E-state index contributed by atoms with van der Waals surface area (Å²) in [5.74, 6) is 0.405. The van der Waals surface area contributed by atoms with Crippen molar-refractivity contribution in [2.75, 3.05) is 33.4 Å². The summed E-state index contributed by atoms with van der Waals surface area (Å²) in [6.45, 7) is 2.71. The van der Waals surface area contributed by atoms with Crippen LogP contribution < -0.4 is 4.74 Å². The average molecular weight is 327 g/mol. The summed E-state index contributed by atoms with van der Waals surface area (Å²) in [7, 11) is 1.49. The minimum atomic E-state index is -0.366. The number of benzene rings is 1. The van der Waals surface area contributed by atoms with Gasteiger partial charge < -0.3 is 14.6 Å². The van der Waals surface area contributed by atoms with Gasteiger partial charge in [-0.05, 0) is 33.6 Å². The molecule has 1 aliphatic rings. The van der Waals surface area contributed by atoms with E-state index in [9.17, 15) is 10.4 Å². The number of morpholine rings is 1. The van der Waals surface area contributed by atoms with Gasteiger partial charge in [-0.25, -0.2) is 0 Å². The largest absolute Gasteiger partial charge is 0.503 e. The molecule has 1 atom stereocenters. The Morgan fingerprint density at radius 3 is 2.74 bits per heavy atom. The van der Waals surface area contributed by atoms with Crippen LogP contribution in [0.25, 0.3) is 0 Å². The van der Waals surface area contributed by atoms with Crippen LogP contribution in [-0.4, -0.2) is 43.4 Å². The number of phenolic OH excluding ortho intramolecular Hbond substituents is 1. The third kappa shape index (κ3) is 3.00. The Balaban J connectivity index is 2.33. The molecule has 5 nitrogen and oxygen atoms in total. The van der Waals surface area contributed by atoms with E-state index in [4.69, 9.17) is 9.47 Å². The second-order valence-corrected chi connectivity index (χ2v) is 5.09. The third-order valence-corrected chi connectivity index (χ3v) is 3.72. The van der Waals surface area contributed by atoms with Gasteiger partial charge in [0.05, 0.1) is 30.9 Å². The first-order valence-electron chi connectivity index (χ1n) is 5.95. The Labute approximate surface area is 120 Å². The van der Waals surface area contributed by atoms with Crippen molar-refractivity contribution in [1.82, 2.24) is 4.90 Å². The molecule has 2 rings (SSSR count). The average Bonchev–Trinajstić information content (AvgIpc) is 2.44. The van der Waals surface area contributed by atoms with Crippen molar-refractivity contribution in [1.29, 1.82) is 5.26 Å². The lowest BCUT2D eigenvalue weighted by Gasteiger charge is -2.30. The van der Waals surface area contributed by atoms with Crippen LogP contribution in [0, 0.1) is 11.3 Å². The molecule has 0 amide bonds. The lowest BCUT2D eigenvalue weighted by molar-refractivity contribution is 0.0266. The van der Waals surface area contributed by atoms with Gasteiger partial charge in [0.15, 0.2) is 11.5 Å². The quantitative estimate of drug-likeness (QED) is 0.921. The highest BCUT2D eigenvalue weighted by atomic mass is 79.9. The van der Waals surface area contributed by atoms with Crippen LogP contribution in [0.4, 0.5) is 0 Å². The molecule has 1 unspecified atom stereocenters. The predicted octanol–water partition coefficient (Wildman–Crippen LogP) is 2.06. The summed E-state index contributed by atoms with van der Waals surface area (Å²) in [5.41, 5.74) is 0.797. The second-order valence-electron chi connectivity index (χ2n) is 4.23. The normalized spacial score (nSPS) is 17.7. The van der Waals surface area contributed by atoms with Crippen LogP contribution >= 0.6 is 15.9 Å². The maximum atomic E-state index is 9.80. The molecule has 1 fully saturated rings. The van der Waals surface area contributed by atoms with Crippen molar-refractivity contribution in [2.45, 2.75) is 6.04 Å². The fourth-order valence-corrected chi connectivity index (χ4v) is 2.57. The fraction of sp³-hybridized carbons (Fsp3) is 0.462. The van der Waals surface area contributed by atoms with Crippen molar-refractivity contribution in [3.8, 4) is 17.6 Å². The maximum Gasteiger partial charge on any atom is 0.172 e. The SMILES string of the molecule is COc1cc(C(C#N)N2CCOCC2)cc(Br)c1O. The first-order valence-corrected chi connectivity index (χ1v) is 6.74. The minimum absolute atomic E-state index is 0.0462. The molecule has 1 saturated heterocycles. The van der Waals surface area contributed by atoms with E-state index < -0.39 is 0 Å². The highest BCUT2D eigenvalue weighted by Crippen LogP contribution is 2.38. The van der Waals surface area contributed by atoms with Crippen LogP contribution in [0.2, 0.25) is 0 Å². The topological polar surface area (TPSA) is 65.7 Å². The number of phenols is 1. The number of ether oxygens (including phenoxy) is 2. The van der Waals surface area contributed by atoms with Gasteiger partial charge in [-0.2, -0.15) is 5.26 Å².